The molecular formula is C12H20FN3O2. The van der Waals surface area contributed by atoms with E-state index in [0.717, 1.165) is 6.42 Å². The smallest absolute Gasteiger partial charge is 0.186 e. The Labute approximate surface area is 107 Å². The third-order valence-corrected chi connectivity index (χ3v) is 2.39. The minimum absolute atomic E-state index is 0.263. The van der Waals surface area contributed by atoms with Gasteiger partial charge in [-0.25, -0.2) is 14.4 Å². The molecule has 0 saturated carbocycles. The molecule has 18 heavy (non-hydrogen) atoms. The number of nitrogens with zero attached hydrogens (tertiary/aromatic N) is 2. The molecule has 0 atom stereocenters. The molecule has 0 saturated heterocycles. The molecule has 0 aliphatic rings. The highest BCUT2D eigenvalue weighted by atomic mass is 19.1. The Morgan fingerprint density at radius 3 is 2.83 bits per heavy atom. The molecule has 0 aromatic carbocycles. The summed E-state index contributed by atoms with van der Waals surface area (Å²) in [6.07, 6.45) is 2.72. The number of nitrogens with one attached hydrogen (secondary N) is 1. The second-order valence-electron chi connectivity index (χ2n) is 3.72. The highest BCUT2D eigenvalue weighted by molar-refractivity contribution is 5.36. The average molecular weight is 257 g/mol. The molecular weight excluding hydrogens is 237 g/mol. The van der Waals surface area contributed by atoms with Gasteiger partial charge in [-0.15, -0.1) is 0 Å². The third kappa shape index (κ3) is 4.93. The van der Waals surface area contributed by atoms with Crippen molar-refractivity contribution in [3.63, 3.8) is 0 Å². The van der Waals surface area contributed by atoms with Crippen LogP contribution in [0.3, 0.4) is 0 Å². The van der Waals surface area contributed by atoms with Gasteiger partial charge in [0, 0.05) is 20.3 Å². The van der Waals surface area contributed by atoms with Crippen LogP contribution in [-0.2, 0) is 15.9 Å². The number of hydrogen-bond donors (Lipinski definition) is 1. The fourth-order valence-electron chi connectivity index (χ4n) is 1.40. The third-order valence-electron chi connectivity index (χ3n) is 2.39. The van der Waals surface area contributed by atoms with E-state index < -0.39 is 0 Å². The fourth-order valence-corrected chi connectivity index (χ4v) is 1.40. The van der Waals surface area contributed by atoms with Crippen LogP contribution in [0.15, 0.2) is 6.33 Å². The van der Waals surface area contributed by atoms with Gasteiger partial charge in [0.05, 0.1) is 18.9 Å². The highest BCUT2D eigenvalue weighted by Gasteiger charge is 2.08. The van der Waals surface area contributed by atoms with E-state index in [4.69, 9.17) is 9.47 Å². The summed E-state index contributed by atoms with van der Waals surface area (Å²) in [5.74, 6) is -0.0981. The lowest BCUT2D eigenvalue weighted by Gasteiger charge is -2.08. The van der Waals surface area contributed by atoms with E-state index in [1.54, 1.807) is 7.11 Å². The summed E-state index contributed by atoms with van der Waals surface area (Å²) >= 11 is 0. The van der Waals surface area contributed by atoms with Crippen molar-refractivity contribution in [2.45, 2.75) is 19.8 Å². The summed E-state index contributed by atoms with van der Waals surface area (Å²) in [4.78, 5) is 7.75. The summed E-state index contributed by atoms with van der Waals surface area (Å²) in [6, 6.07) is 0. The molecule has 1 N–H and O–H groups in total. The molecule has 0 radical (unpaired) electrons. The molecule has 0 unspecified atom stereocenters. The monoisotopic (exact) mass is 257 g/mol. The summed E-state index contributed by atoms with van der Waals surface area (Å²) in [5, 5.41) is 2.94. The van der Waals surface area contributed by atoms with Crippen LogP contribution in [0, 0.1) is 5.82 Å². The number of aromatic nitrogens is 2. The van der Waals surface area contributed by atoms with Gasteiger partial charge in [0.1, 0.15) is 6.33 Å². The van der Waals surface area contributed by atoms with Gasteiger partial charge in [0.15, 0.2) is 11.6 Å². The first-order valence-corrected chi connectivity index (χ1v) is 6.09. The van der Waals surface area contributed by atoms with Gasteiger partial charge in [-0.3, -0.25) is 0 Å². The number of methoxy groups -OCH3 is 1. The topological polar surface area (TPSA) is 56.3 Å². The van der Waals surface area contributed by atoms with Crippen LogP contribution in [0.1, 0.15) is 19.0 Å². The van der Waals surface area contributed by atoms with Gasteiger partial charge in [-0.1, -0.05) is 6.92 Å². The Hall–Kier alpha value is -1.27. The van der Waals surface area contributed by atoms with Crippen molar-refractivity contribution in [1.29, 1.82) is 0 Å². The van der Waals surface area contributed by atoms with E-state index in [1.165, 1.54) is 6.33 Å². The molecule has 1 heterocycles. The fraction of sp³-hybridized carbons (Fsp3) is 0.667. The van der Waals surface area contributed by atoms with Gasteiger partial charge in [0.2, 0.25) is 0 Å². The Balaban J connectivity index is 2.23. The number of ether oxygens (including phenoxy) is 2. The first-order valence-electron chi connectivity index (χ1n) is 6.09. The van der Waals surface area contributed by atoms with Gasteiger partial charge < -0.3 is 14.8 Å². The predicted molar refractivity (Wildman–Crippen MR) is 67.2 cm³/mol. The maximum atomic E-state index is 13.7. The van der Waals surface area contributed by atoms with Crippen molar-refractivity contribution in [3.8, 4) is 0 Å². The lowest BCUT2D eigenvalue weighted by molar-refractivity contribution is 0.0705. The van der Waals surface area contributed by atoms with Crippen molar-refractivity contribution in [1.82, 2.24) is 9.97 Å². The summed E-state index contributed by atoms with van der Waals surface area (Å²) in [7, 11) is 1.63. The minimum atomic E-state index is -0.361. The molecule has 0 bridgehead atoms. The first-order chi connectivity index (χ1) is 8.79. The summed E-state index contributed by atoms with van der Waals surface area (Å²) in [6.45, 7) is 4.26. The predicted octanol–water partition coefficient (Wildman–Crippen LogP) is 1.64. The standard InChI is InChI=1S/C12H20FN3O2/c1-3-10-11(13)12(16-9-15-10)14-5-4-6-18-8-7-17-2/h9H,3-8H2,1-2H3,(H,14,15,16). The second-order valence-corrected chi connectivity index (χ2v) is 3.72. The molecule has 6 heteroatoms. The molecule has 102 valence electrons. The van der Waals surface area contributed by atoms with Crippen molar-refractivity contribution in [2.24, 2.45) is 0 Å². The molecule has 0 spiro atoms. The maximum Gasteiger partial charge on any atom is 0.186 e. The van der Waals surface area contributed by atoms with E-state index in [2.05, 4.69) is 15.3 Å². The summed E-state index contributed by atoms with van der Waals surface area (Å²) < 4.78 is 23.9. The van der Waals surface area contributed by atoms with E-state index in [9.17, 15) is 4.39 Å². The Morgan fingerprint density at radius 1 is 1.28 bits per heavy atom. The molecule has 0 aliphatic heterocycles. The van der Waals surface area contributed by atoms with Crippen molar-refractivity contribution < 1.29 is 13.9 Å². The van der Waals surface area contributed by atoms with Crippen LogP contribution >= 0.6 is 0 Å². The maximum absolute atomic E-state index is 13.7. The Kier molecular flexibility index (Phi) is 7.20. The number of aryl methyl sites for hydroxylation is 1. The quantitative estimate of drug-likeness (QED) is 0.682. The number of anilines is 1. The van der Waals surface area contributed by atoms with Gasteiger partial charge in [-0.05, 0) is 12.8 Å². The van der Waals surface area contributed by atoms with Crippen LogP contribution in [0.25, 0.3) is 0 Å². The largest absolute Gasteiger partial charge is 0.382 e. The second kappa shape index (κ2) is 8.77. The molecule has 1 aromatic heterocycles. The van der Waals surface area contributed by atoms with Crippen molar-refractivity contribution in [3.05, 3.63) is 17.8 Å². The minimum Gasteiger partial charge on any atom is -0.382 e. The molecule has 1 rings (SSSR count). The summed E-state index contributed by atoms with van der Waals surface area (Å²) in [5.41, 5.74) is 0.434. The highest BCUT2D eigenvalue weighted by Crippen LogP contribution is 2.12. The van der Waals surface area contributed by atoms with Crippen LogP contribution in [0.4, 0.5) is 10.2 Å². The number of rotatable bonds is 9. The molecule has 0 fully saturated rings. The van der Waals surface area contributed by atoms with E-state index in [1.807, 2.05) is 6.92 Å². The zero-order valence-electron chi connectivity index (χ0n) is 10.9. The van der Waals surface area contributed by atoms with Gasteiger partial charge in [-0.2, -0.15) is 0 Å². The molecule has 1 aromatic rings. The number of halogens is 1. The van der Waals surface area contributed by atoms with Gasteiger partial charge >= 0.3 is 0 Å². The zero-order chi connectivity index (χ0) is 13.2. The molecule has 0 aliphatic carbocycles. The Morgan fingerprint density at radius 2 is 2.11 bits per heavy atom. The van der Waals surface area contributed by atoms with Crippen molar-refractivity contribution >= 4 is 5.82 Å². The van der Waals surface area contributed by atoms with E-state index in [-0.39, 0.29) is 11.6 Å². The Bertz CT molecular complexity index is 350. The SMILES string of the molecule is CCc1ncnc(NCCCOCCOC)c1F. The van der Waals surface area contributed by atoms with E-state index >= 15 is 0 Å². The van der Waals surface area contributed by atoms with E-state index in [0.29, 0.717) is 38.5 Å². The zero-order valence-corrected chi connectivity index (χ0v) is 10.9. The van der Waals surface area contributed by atoms with Gasteiger partial charge in [0.25, 0.3) is 0 Å². The van der Waals surface area contributed by atoms with Crippen LogP contribution in [-0.4, -0.2) is 43.4 Å². The van der Waals surface area contributed by atoms with Crippen LogP contribution < -0.4 is 5.32 Å². The lowest BCUT2D eigenvalue weighted by Crippen LogP contribution is -2.11. The van der Waals surface area contributed by atoms with Crippen LogP contribution in [0.5, 0.6) is 0 Å². The lowest BCUT2D eigenvalue weighted by atomic mass is 10.3. The molecule has 0 amide bonds. The van der Waals surface area contributed by atoms with Crippen LogP contribution in [0.2, 0.25) is 0 Å². The average Bonchev–Trinajstić information content (AvgIpc) is 2.39. The molecule has 5 nitrogen and oxygen atoms in total. The number of hydrogen-bond acceptors (Lipinski definition) is 5. The normalized spacial score (nSPS) is 10.6. The first kappa shape index (κ1) is 14.8. The van der Waals surface area contributed by atoms with Crippen molar-refractivity contribution in [2.75, 3.05) is 38.8 Å².